The van der Waals surface area contributed by atoms with Gasteiger partial charge in [0.1, 0.15) is 0 Å². The number of aromatic nitrogens is 1. The van der Waals surface area contributed by atoms with Gasteiger partial charge in [-0.15, -0.1) is 0 Å². The Morgan fingerprint density at radius 2 is 2.15 bits per heavy atom. The van der Waals surface area contributed by atoms with Gasteiger partial charge in [-0.25, -0.2) is 4.98 Å². The Kier molecular flexibility index (Phi) is 4.53. The number of nitrogens with zero attached hydrogens (tertiary/aromatic N) is 1. The van der Waals surface area contributed by atoms with E-state index in [9.17, 15) is 0 Å². The number of rotatable bonds is 5. The highest BCUT2D eigenvalue weighted by molar-refractivity contribution is 7.22. The van der Waals surface area contributed by atoms with Crippen molar-refractivity contribution in [3.05, 3.63) is 23.8 Å². The minimum absolute atomic E-state index is 0.489. The minimum Gasteiger partial charge on any atom is -0.376 e. The number of aryl methyl sites for hydroxylation is 1. The minimum atomic E-state index is 0.489. The molecule has 0 atom stereocenters. The molecule has 0 spiro atoms. The van der Waals surface area contributed by atoms with Crippen LogP contribution in [0.1, 0.15) is 37.7 Å². The van der Waals surface area contributed by atoms with Crippen molar-refractivity contribution < 1.29 is 4.74 Å². The summed E-state index contributed by atoms with van der Waals surface area (Å²) in [5.41, 5.74) is 2.37. The third-order valence-electron chi connectivity index (χ3n) is 3.83. The SMILES string of the molecule is Cc1ccc2nc(NCCOC3CCCCC3)sc2c1. The standard InChI is InChI=1S/C16H22N2OS/c1-12-7-8-14-15(11-12)20-16(18-14)17-9-10-19-13-5-3-2-4-6-13/h7-8,11,13H,2-6,9-10H2,1H3,(H,17,18). The third-order valence-corrected chi connectivity index (χ3v) is 4.80. The summed E-state index contributed by atoms with van der Waals surface area (Å²) < 4.78 is 7.16. The first-order valence-electron chi connectivity index (χ1n) is 7.54. The summed E-state index contributed by atoms with van der Waals surface area (Å²) in [5.74, 6) is 0. The van der Waals surface area contributed by atoms with E-state index in [0.29, 0.717) is 6.10 Å². The van der Waals surface area contributed by atoms with E-state index in [-0.39, 0.29) is 0 Å². The van der Waals surface area contributed by atoms with Crippen LogP contribution in [0.3, 0.4) is 0 Å². The number of hydrogen-bond acceptors (Lipinski definition) is 4. The number of nitrogens with one attached hydrogen (secondary N) is 1. The molecular formula is C16H22N2OS. The van der Waals surface area contributed by atoms with Crippen molar-refractivity contribution in [1.29, 1.82) is 0 Å². The number of thiazole rings is 1. The Hall–Kier alpha value is -1.13. The Morgan fingerprint density at radius 1 is 1.30 bits per heavy atom. The lowest BCUT2D eigenvalue weighted by atomic mass is 9.98. The quantitative estimate of drug-likeness (QED) is 0.830. The van der Waals surface area contributed by atoms with Crippen LogP contribution in [-0.4, -0.2) is 24.2 Å². The highest BCUT2D eigenvalue weighted by Crippen LogP contribution is 2.26. The fourth-order valence-electron chi connectivity index (χ4n) is 2.72. The lowest BCUT2D eigenvalue weighted by molar-refractivity contribution is 0.0347. The van der Waals surface area contributed by atoms with Crippen molar-refractivity contribution >= 4 is 26.7 Å². The van der Waals surface area contributed by atoms with Gasteiger partial charge in [-0.2, -0.15) is 0 Å². The van der Waals surface area contributed by atoms with E-state index in [1.807, 2.05) is 0 Å². The van der Waals surface area contributed by atoms with E-state index in [1.165, 1.54) is 42.4 Å². The van der Waals surface area contributed by atoms with E-state index in [1.54, 1.807) is 11.3 Å². The van der Waals surface area contributed by atoms with E-state index in [4.69, 9.17) is 4.74 Å². The summed E-state index contributed by atoms with van der Waals surface area (Å²) in [6.45, 7) is 3.74. The van der Waals surface area contributed by atoms with Crippen molar-refractivity contribution in [2.24, 2.45) is 0 Å². The summed E-state index contributed by atoms with van der Waals surface area (Å²) >= 11 is 1.72. The van der Waals surface area contributed by atoms with Crippen LogP contribution in [0, 0.1) is 6.92 Å². The zero-order valence-corrected chi connectivity index (χ0v) is 12.8. The number of ether oxygens (including phenoxy) is 1. The van der Waals surface area contributed by atoms with Crippen molar-refractivity contribution in [3.63, 3.8) is 0 Å². The number of anilines is 1. The van der Waals surface area contributed by atoms with Crippen LogP contribution in [0.4, 0.5) is 5.13 Å². The second kappa shape index (κ2) is 6.55. The molecule has 3 nitrogen and oxygen atoms in total. The molecule has 1 saturated carbocycles. The first kappa shape index (κ1) is 13.8. The fraction of sp³-hybridized carbons (Fsp3) is 0.562. The lowest BCUT2D eigenvalue weighted by Gasteiger charge is -2.21. The average molecular weight is 290 g/mol. The molecule has 1 aliphatic carbocycles. The lowest BCUT2D eigenvalue weighted by Crippen LogP contribution is -2.20. The van der Waals surface area contributed by atoms with Gasteiger partial charge < -0.3 is 10.1 Å². The molecule has 1 N–H and O–H groups in total. The molecule has 1 aliphatic rings. The average Bonchev–Trinajstić information content (AvgIpc) is 2.86. The molecule has 1 fully saturated rings. The molecule has 1 aromatic heterocycles. The molecule has 3 rings (SSSR count). The van der Waals surface area contributed by atoms with Crippen LogP contribution >= 0.6 is 11.3 Å². The third kappa shape index (κ3) is 3.49. The number of hydrogen-bond donors (Lipinski definition) is 1. The summed E-state index contributed by atoms with van der Waals surface area (Å²) in [7, 11) is 0. The van der Waals surface area contributed by atoms with Crippen molar-refractivity contribution in [2.45, 2.75) is 45.1 Å². The van der Waals surface area contributed by atoms with Crippen LogP contribution in [0.5, 0.6) is 0 Å². The molecule has 0 saturated heterocycles. The maximum atomic E-state index is 5.91. The van der Waals surface area contributed by atoms with Gasteiger partial charge in [0.05, 0.1) is 22.9 Å². The van der Waals surface area contributed by atoms with Gasteiger partial charge >= 0.3 is 0 Å². The molecule has 4 heteroatoms. The van der Waals surface area contributed by atoms with E-state index >= 15 is 0 Å². The van der Waals surface area contributed by atoms with E-state index in [2.05, 4.69) is 35.4 Å². The maximum absolute atomic E-state index is 5.91. The van der Waals surface area contributed by atoms with Gasteiger partial charge in [0, 0.05) is 6.54 Å². The topological polar surface area (TPSA) is 34.2 Å². The van der Waals surface area contributed by atoms with Gasteiger partial charge in [-0.3, -0.25) is 0 Å². The van der Waals surface area contributed by atoms with Gasteiger partial charge in [-0.1, -0.05) is 36.7 Å². The first-order valence-corrected chi connectivity index (χ1v) is 8.35. The van der Waals surface area contributed by atoms with E-state index < -0.39 is 0 Å². The van der Waals surface area contributed by atoms with Gasteiger partial charge in [0.2, 0.25) is 0 Å². The molecule has 0 unspecified atom stereocenters. The van der Waals surface area contributed by atoms with Gasteiger partial charge in [0.25, 0.3) is 0 Å². The second-order valence-corrected chi connectivity index (χ2v) is 6.58. The summed E-state index contributed by atoms with van der Waals surface area (Å²) in [4.78, 5) is 4.59. The largest absolute Gasteiger partial charge is 0.376 e. The highest BCUT2D eigenvalue weighted by atomic mass is 32.1. The molecule has 1 aromatic carbocycles. The van der Waals surface area contributed by atoms with Gasteiger partial charge in [-0.05, 0) is 37.5 Å². The predicted octanol–water partition coefficient (Wildman–Crippen LogP) is 4.37. The normalized spacial score (nSPS) is 16.6. The molecule has 1 heterocycles. The number of benzene rings is 1. The van der Waals surface area contributed by atoms with Crippen LogP contribution in [0.25, 0.3) is 10.2 Å². The predicted molar refractivity (Wildman–Crippen MR) is 85.7 cm³/mol. The van der Waals surface area contributed by atoms with Crippen LogP contribution in [0.2, 0.25) is 0 Å². The molecule has 20 heavy (non-hydrogen) atoms. The molecule has 2 aromatic rings. The zero-order chi connectivity index (χ0) is 13.8. The van der Waals surface area contributed by atoms with Crippen LogP contribution in [0.15, 0.2) is 18.2 Å². The van der Waals surface area contributed by atoms with Crippen LogP contribution in [-0.2, 0) is 4.74 Å². The maximum Gasteiger partial charge on any atom is 0.183 e. The van der Waals surface area contributed by atoms with Crippen molar-refractivity contribution in [1.82, 2.24) is 4.98 Å². The fourth-order valence-corrected chi connectivity index (χ4v) is 3.71. The summed E-state index contributed by atoms with van der Waals surface area (Å²) in [5, 5.41) is 4.37. The Bertz CT molecular complexity index is 561. The summed E-state index contributed by atoms with van der Waals surface area (Å²) in [6, 6.07) is 6.39. The summed E-state index contributed by atoms with van der Waals surface area (Å²) in [6.07, 6.45) is 7.00. The van der Waals surface area contributed by atoms with Crippen molar-refractivity contribution in [3.8, 4) is 0 Å². The number of fused-ring (bicyclic) bond motifs is 1. The monoisotopic (exact) mass is 290 g/mol. The second-order valence-electron chi connectivity index (χ2n) is 5.55. The Labute approximate surface area is 124 Å². The zero-order valence-electron chi connectivity index (χ0n) is 12.0. The molecule has 108 valence electrons. The molecule has 0 bridgehead atoms. The Balaban J connectivity index is 1.47. The molecule has 0 amide bonds. The smallest absolute Gasteiger partial charge is 0.183 e. The Morgan fingerprint density at radius 3 is 3.00 bits per heavy atom. The van der Waals surface area contributed by atoms with E-state index in [0.717, 1.165) is 23.8 Å². The van der Waals surface area contributed by atoms with Crippen LogP contribution < -0.4 is 5.32 Å². The molecule has 0 aliphatic heterocycles. The first-order chi connectivity index (χ1) is 9.81. The highest BCUT2D eigenvalue weighted by Gasteiger charge is 2.13. The molecule has 0 radical (unpaired) electrons. The molecular weight excluding hydrogens is 268 g/mol. The van der Waals surface area contributed by atoms with Gasteiger partial charge in [0.15, 0.2) is 5.13 Å². The van der Waals surface area contributed by atoms with Crippen molar-refractivity contribution in [2.75, 3.05) is 18.5 Å².